The van der Waals surface area contributed by atoms with E-state index < -0.39 is 46.1 Å². The molecule has 0 saturated heterocycles. The number of amides is 2. The quantitative estimate of drug-likeness (QED) is 0.351. The minimum Gasteiger partial charge on any atom is -0.352 e. The fourth-order valence-electron chi connectivity index (χ4n) is 5.16. The number of carbonyl (C=O) groups is 2. The number of halogens is 2. The molecule has 1 saturated carbocycles. The molecule has 41 heavy (non-hydrogen) atoms. The van der Waals surface area contributed by atoms with Crippen LogP contribution in [0.25, 0.3) is 0 Å². The minimum atomic E-state index is -4.11. The van der Waals surface area contributed by atoms with Crippen molar-refractivity contribution in [1.82, 2.24) is 10.2 Å². The Kier molecular flexibility index (Phi) is 10.1. The van der Waals surface area contributed by atoms with Crippen LogP contribution in [0.1, 0.15) is 43.2 Å². The van der Waals surface area contributed by atoms with Crippen LogP contribution in [-0.2, 0) is 32.6 Å². The first-order chi connectivity index (χ1) is 19.6. The third-order valence-electron chi connectivity index (χ3n) is 7.32. The molecule has 4 rings (SSSR count). The van der Waals surface area contributed by atoms with E-state index in [0.29, 0.717) is 4.31 Å². The second-order valence-electron chi connectivity index (χ2n) is 10.4. The third-order valence-corrected chi connectivity index (χ3v) is 8.45. The first kappa shape index (κ1) is 30.2. The van der Waals surface area contributed by atoms with Gasteiger partial charge in [-0.2, -0.15) is 0 Å². The molecule has 1 N–H and O–H groups in total. The average molecular weight is 584 g/mol. The fourth-order valence-corrected chi connectivity index (χ4v) is 6.01. The molecule has 1 atom stereocenters. The maximum Gasteiger partial charge on any atom is 0.244 e. The Morgan fingerprint density at radius 2 is 1.49 bits per heavy atom. The minimum absolute atomic E-state index is 0.0501. The van der Waals surface area contributed by atoms with Gasteiger partial charge in [-0.15, -0.1) is 0 Å². The van der Waals surface area contributed by atoms with Crippen molar-refractivity contribution >= 4 is 27.5 Å². The molecule has 0 bridgehead atoms. The van der Waals surface area contributed by atoms with Crippen LogP contribution in [0.15, 0.2) is 78.9 Å². The van der Waals surface area contributed by atoms with Crippen molar-refractivity contribution in [3.63, 3.8) is 0 Å². The van der Waals surface area contributed by atoms with E-state index in [2.05, 4.69) is 5.32 Å². The summed E-state index contributed by atoms with van der Waals surface area (Å²) in [5.41, 5.74) is 0.651. The van der Waals surface area contributed by atoms with Gasteiger partial charge in [0.25, 0.3) is 0 Å². The molecule has 1 aliphatic carbocycles. The van der Waals surface area contributed by atoms with Crippen LogP contribution in [-0.4, -0.2) is 50.0 Å². The van der Waals surface area contributed by atoms with Crippen LogP contribution in [0.4, 0.5) is 14.5 Å². The fraction of sp³-hybridized carbons (Fsp3) is 0.355. The van der Waals surface area contributed by atoms with Crippen LogP contribution in [0, 0.1) is 11.6 Å². The molecule has 218 valence electrons. The summed E-state index contributed by atoms with van der Waals surface area (Å²) in [7, 11) is -4.11. The van der Waals surface area contributed by atoms with Crippen molar-refractivity contribution in [2.24, 2.45) is 0 Å². The summed E-state index contributed by atoms with van der Waals surface area (Å²) in [6.07, 6.45) is 5.70. The number of nitrogens with zero attached hydrogens (tertiary/aromatic N) is 2. The molecule has 1 aliphatic rings. The Morgan fingerprint density at radius 1 is 0.878 bits per heavy atom. The smallest absolute Gasteiger partial charge is 0.244 e. The maximum absolute atomic E-state index is 14.9. The topological polar surface area (TPSA) is 86.8 Å². The first-order valence-corrected chi connectivity index (χ1v) is 15.6. The molecule has 1 fully saturated rings. The standard InChI is InChI=1S/C31H35F2N3O4S/c1-41(39,40)36(28-19-11-10-18-27(28)33)22-30(37)35(21-24-14-8-9-17-26(24)32)29(20-23-12-4-2-5-13-23)31(38)34-25-15-6-3-7-16-25/h2,4-5,8-14,17-19,25,29H,3,6-7,15-16,20-22H2,1H3,(H,34,38)/t29-/m0/s1. The molecule has 0 aromatic heterocycles. The summed E-state index contributed by atoms with van der Waals surface area (Å²) in [6.45, 7) is -1.05. The Morgan fingerprint density at radius 3 is 2.12 bits per heavy atom. The second kappa shape index (κ2) is 13.7. The Labute approximate surface area is 240 Å². The number of hydrogen-bond acceptors (Lipinski definition) is 4. The predicted molar refractivity (Wildman–Crippen MR) is 154 cm³/mol. The zero-order chi connectivity index (χ0) is 29.4. The van der Waals surface area contributed by atoms with Gasteiger partial charge in [0.1, 0.15) is 24.2 Å². The van der Waals surface area contributed by atoms with Crippen LogP contribution in [0.2, 0.25) is 0 Å². The second-order valence-corrected chi connectivity index (χ2v) is 12.3. The average Bonchev–Trinajstić information content (AvgIpc) is 2.95. The number of benzene rings is 3. The molecule has 10 heteroatoms. The highest BCUT2D eigenvalue weighted by Crippen LogP contribution is 2.24. The van der Waals surface area contributed by atoms with Gasteiger partial charge < -0.3 is 10.2 Å². The summed E-state index contributed by atoms with van der Waals surface area (Å²) in [5.74, 6) is -2.54. The number of para-hydroxylation sites is 1. The molecule has 0 unspecified atom stereocenters. The van der Waals surface area contributed by atoms with E-state index in [1.54, 1.807) is 6.07 Å². The van der Waals surface area contributed by atoms with E-state index in [0.717, 1.165) is 50.0 Å². The van der Waals surface area contributed by atoms with Crippen molar-refractivity contribution in [2.45, 2.75) is 57.2 Å². The van der Waals surface area contributed by atoms with Gasteiger partial charge in [0.15, 0.2) is 0 Å². The summed E-state index contributed by atoms with van der Waals surface area (Å²) < 4.78 is 55.8. The monoisotopic (exact) mass is 583 g/mol. The number of nitrogens with one attached hydrogen (secondary N) is 1. The van der Waals surface area contributed by atoms with E-state index in [1.807, 2.05) is 30.3 Å². The van der Waals surface area contributed by atoms with Crippen molar-refractivity contribution in [3.05, 3.63) is 102 Å². The number of carbonyl (C=O) groups excluding carboxylic acids is 2. The Balaban J connectivity index is 1.74. The van der Waals surface area contributed by atoms with Gasteiger partial charge >= 0.3 is 0 Å². The van der Waals surface area contributed by atoms with Gasteiger partial charge in [0.2, 0.25) is 21.8 Å². The lowest BCUT2D eigenvalue weighted by molar-refractivity contribution is -0.140. The van der Waals surface area contributed by atoms with Gasteiger partial charge in [0, 0.05) is 24.6 Å². The van der Waals surface area contributed by atoms with Gasteiger partial charge in [-0.05, 0) is 36.6 Å². The highest BCUT2D eigenvalue weighted by molar-refractivity contribution is 7.92. The molecular formula is C31H35F2N3O4S. The van der Waals surface area contributed by atoms with E-state index in [-0.39, 0.29) is 30.3 Å². The van der Waals surface area contributed by atoms with Gasteiger partial charge in [-0.1, -0.05) is 79.9 Å². The Hall–Kier alpha value is -3.79. The number of hydrogen-bond donors (Lipinski definition) is 1. The van der Waals surface area contributed by atoms with E-state index in [9.17, 15) is 26.8 Å². The largest absolute Gasteiger partial charge is 0.352 e. The maximum atomic E-state index is 14.9. The molecule has 7 nitrogen and oxygen atoms in total. The normalized spacial score (nSPS) is 14.7. The molecule has 3 aromatic rings. The van der Waals surface area contributed by atoms with Gasteiger partial charge in [0.05, 0.1) is 11.9 Å². The van der Waals surface area contributed by atoms with Crippen LogP contribution in [0.3, 0.4) is 0 Å². The Bertz CT molecular complexity index is 1450. The highest BCUT2D eigenvalue weighted by atomic mass is 32.2. The molecule has 3 aromatic carbocycles. The lowest BCUT2D eigenvalue weighted by atomic mass is 9.94. The van der Waals surface area contributed by atoms with Crippen LogP contribution >= 0.6 is 0 Å². The van der Waals surface area contributed by atoms with E-state index >= 15 is 0 Å². The number of rotatable bonds is 11. The van der Waals surface area contributed by atoms with Crippen molar-refractivity contribution < 1.29 is 26.8 Å². The number of anilines is 1. The zero-order valence-electron chi connectivity index (χ0n) is 23.0. The summed E-state index contributed by atoms with van der Waals surface area (Å²) in [4.78, 5) is 29.1. The predicted octanol–water partition coefficient (Wildman–Crippen LogP) is 4.82. The third kappa shape index (κ3) is 8.13. The molecular weight excluding hydrogens is 548 g/mol. The summed E-state index contributed by atoms with van der Waals surface area (Å²) in [5, 5.41) is 3.08. The SMILES string of the molecule is CS(=O)(=O)N(CC(=O)N(Cc1ccccc1F)[C@@H](Cc1ccccc1)C(=O)NC1CCCCC1)c1ccccc1F. The van der Waals surface area contributed by atoms with Crippen LogP contribution < -0.4 is 9.62 Å². The first-order valence-electron chi connectivity index (χ1n) is 13.7. The molecule has 2 amide bonds. The number of sulfonamides is 1. The molecule has 0 radical (unpaired) electrons. The molecule has 0 spiro atoms. The van der Waals surface area contributed by atoms with Crippen LogP contribution in [0.5, 0.6) is 0 Å². The molecule has 0 aliphatic heterocycles. The highest BCUT2D eigenvalue weighted by Gasteiger charge is 2.35. The van der Waals surface area contributed by atoms with Crippen molar-refractivity contribution in [1.29, 1.82) is 0 Å². The van der Waals surface area contributed by atoms with Gasteiger partial charge in [-0.3, -0.25) is 13.9 Å². The zero-order valence-corrected chi connectivity index (χ0v) is 23.8. The summed E-state index contributed by atoms with van der Waals surface area (Å²) in [6, 6.07) is 19.2. The van der Waals surface area contributed by atoms with Crippen molar-refractivity contribution in [3.8, 4) is 0 Å². The molecule has 0 heterocycles. The van der Waals surface area contributed by atoms with Crippen molar-refractivity contribution in [2.75, 3.05) is 17.1 Å². The summed E-state index contributed by atoms with van der Waals surface area (Å²) >= 11 is 0. The lowest BCUT2D eigenvalue weighted by Crippen LogP contribution is -2.55. The van der Waals surface area contributed by atoms with E-state index in [1.165, 1.54) is 41.3 Å². The van der Waals surface area contributed by atoms with Gasteiger partial charge in [-0.25, -0.2) is 17.2 Å². The van der Waals surface area contributed by atoms with E-state index in [4.69, 9.17) is 0 Å². The lowest BCUT2D eigenvalue weighted by Gasteiger charge is -2.35.